The van der Waals surface area contributed by atoms with Gasteiger partial charge in [-0.1, -0.05) is 12.1 Å². The third kappa shape index (κ3) is 3.76. The molecule has 1 saturated heterocycles. The van der Waals surface area contributed by atoms with Crippen LogP contribution in [0.2, 0.25) is 0 Å². The van der Waals surface area contributed by atoms with Gasteiger partial charge in [-0.3, -0.25) is 4.79 Å². The fraction of sp³-hybridized carbons (Fsp3) is 0.588. The second-order valence-corrected chi connectivity index (χ2v) is 6.07. The molecular weight excluding hydrogens is 298 g/mol. The zero-order valence-electron chi connectivity index (χ0n) is 13.3. The van der Waals surface area contributed by atoms with E-state index in [2.05, 4.69) is 4.90 Å². The molecule has 1 fully saturated rings. The number of piperidine rings is 1. The molecule has 0 aromatic heterocycles. The Kier molecular flexibility index (Phi) is 5.03. The first-order valence-corrected chi connectivity index (χ1v) is 8.04. The highest BCUT2D eigenvalue weighted by Gasteiger charge is 2.34. The maximum Gasteiger partial charge on any atom is 0.312 e. The Morgan fingerprint density at radius 2 is 2.17 bits per heavy atom. The molecule has 0 amide bonds. The molecule has 0 aliphatic carbocycles. The van der Waals surface area contributed by atoms with Crippen LogP contribution in [0.25, 0.3) is 0 Å². The summed E-state index contributed by atoms with van der Waals surface area (Å²) >= 11 is 0. The maximum absolute atomic E-state index is 11.7. The van der Waals surface area contributed by atoms with Gasteiger partial charge >= 0.3 is 5.97 Å². The number of likely N-dealkylation sites (tertiary alicyclic amines) is 1. The molecule has 0 bridgehead atoms. The van der Waals surface area contributed by atoms with Gasteiger partial charge in [-0.15, -0.1) is 0 Å². The number of aliphatic hydroxyl groups is 1. The number of hydrogen-bond acceptors (Lipinski definition) is 6. The van der Waals surface area contributed by atoms with Crippen LogP contribution in [0.15, 0.2) is 24.3 Å². The number of esters is 1. The van der Waals surface area contributed by atoms with Gasteiger partial charge < -0.3 is 24.2 Å². The first-order valence-electron chi connectivity index (χ1n) is 8.04. The lowest BCUT2D eigenvalue weighted by atomic mass is 9.94. The molecule has 23 heavy (non-hydrogen) atoms. The standard InChI is InChI=1S/C17H23NO5/c1-21-17(20)13-10-18(9-7-14(13)19)8-6-12-11-22-15-4-2-3-5-16(15)23-12/h2-5,12-14,19H,6-11H2,1H3/t12?,13-,14-/m1/s1. The average molecular weight is 321 g/mol. The number of rotatable bonds is 4. The van der Waals surface area contributed by atoms with Crippen molar-refractivity contribution in [1.29, 1.82) is 0 Å². The molecule has 0 spiro atoms. The first kappa shape index (κ1) is 16.1. The van der Waals surface area contributed by atoms with Gasteiger partial charge in [0.1, 0.15) is 12.7 Å². The number of aliphatic hydroxyl groups excluding tert-OH is 1. The third-order valence-corrected chi connectivity index (χ3v) is 4.50. The second kappa shape index (κ2) is 7.19. The molecule has 6 heteroatoms. The van der Waals surface area contributed by atoms with Crippen molar-refractivity contribution < 1.29 is 24.1 Å². The van der Waals surface area contributed by atoms with Gasteiger partial charge in [-0.25, -0.2) is 0 Å². The van der Waals surface area contributed by atoms with Crippen molar-refractivity contribution in [2.75, 3.05) is 33.4 Å². The SMILES string of the molecule is COC(=O)[C@@H]1CN(CCC2COc3ccccc3O2)CC[C@H]1O. The second-order valence-electron chi connectivity index (χ2n) is 6.07. The summed E-state index contributed by atoms with van der Waals surface area (Å²) in [6.45, 7) is 2.64. The highest BCUT2D eigenvalue weighted by Crippen LogP contribution is 2.31. The molecule has 2 aliphatic rings. The largest absolute Gasteiger partial charge is 0.486 e. The van der Waals surface area contributed by atoms with Crippen molar-refractivity contribution in [3.8, 4) is 11.5 Å². The van der Waals surface area contributed by atoms with E-state index in [9.17, 15) is 9.90 Å². The molecule has 3 rings (SSSR count). The van der Waals surface area contributed by atoms with Gasteiger partial charge in [-0.2, -0.15) is 0 Å². The highest BCUT2D eigenvalue weighted by molar-refractivity contribution is 5.73. The zero-order valence-corrected chi connectivity index (χ0v) is 13.3. The topological polar surface area (TPSA) is 68.2 Å². The van der Waals surface area contributed by atoms with Crippen molar-refractivity contribution >= 4 is 5.97 Å². The van der Waals surface area contributed by atoms with E-state index in [1.807, 2.05) is 24.3 Å². The van der Waals surface area contributed by atoms with Gasteiger partial charge in [0.2, 0.25) is 0 Å². The number of carbonyl (C=O) groups excluding carboxylic acids is 1. The average Bonchev–Trinajstić information content (AvgIpc) is 2.60. The molecule has 2 aliphatic heterocycles. The minimum atomic E-state index is -0.611. The number of benzene rings is 1. The lowest BCUT2D eigenvalue weighted by molar-refractivity contribution is -0.152. The Labute approximate surface area is 135 Å². The van der Waals surface area contributed by atoms with Crippen LogP contribution >= 0.6 is 0 Å². The molecule has 0 radical (unpaired) electrons. The van der Waals surface area contributed by atoms with Gasteiger partial charge in [0.15, 0.2) is 11.5 Å². The lowest BCUT2D eigenvalue weighted by Gasteiger charge is -2.35. The van der Waals surface area contributed by atoms with E-state index < -0.39 is 12.0 Å². The van der Waals surface area contributed by atoms with Gasteiger partial charge in [0.25, 0.3) is 0 Å². The molecule has 3 atom stereocenters. The van der Waals surface area contributed by atoms with Gasteiger partial charge in [0.05, 0.1) is 19.1 Å². The molecule has 1 aromatic rings. The van der Waals surface area contributed by atoms with Crippen LogP contribution in [-0.2, 0) is 9.53 Å². The van der Waals surface area contributed by atoms with Crippen LogP contribution in [0, 0.1) is 5.92 Å². The van der Waals surface area contributed by atoms with E-state index in [1.165, 1.54) is 7.11 Å². The zero-order chi connectivity index (χ0) is 16.2. The molecule has 1 N–H and O–H groups in total. The van der Waals surface area contributed by atoms with Gasteiger partial charge in [-0.05, 0) is 18.6 Å². The van der Waals surface area contributed by atoms with Crippen molar-refractivity contribution in [3.05, 3.63) is 24.3 Å². The smallest absolute Gasteiger partial charge is 0.312 e. The third-order valence-electron chi connectivity index (χ3n) is 4.50. The number of hydrogen-bond donors (Lipinski definition) is 1. The lowest BCUT2D eigenvalue weighted by Crippen LogP contribution is -2.48. The fourth-order valence-electron chi connectivity index (χ4n) is 3.13. The quantitative estimate of drug-likeness (QED) is 0.837. The monoisotopic (exact) mass is 321 g/mol. The summed E-state index contributed by atoms with van der Waals surface area (Å²) in [5.74, 6) is 0.771. The minimum absolute atomic E-state index is 0.00771. The van der Waals surface area contributed by atoms with E-state index in [0.717, 1.165) is 31.0 Å². The summed E-state index contributed by atoms with van der Waals surface area (Å²) in [5, 5.41) is 9.94. The van der Waals surface area contributed by atoms with E-state index in [1.54, 1.807) is 0 Å². The Bertz CT molecular complexity index is 550. The summed E-state index contributed by atoms with van der Waals surface area (Å²) in [6.07, 6.45) is 0.802. The number of ether oxygens (including phenoxy) is 3. The number of methoxy groups -OCH3 is 1. The van der Waals surface area contributed by atoms with Crippen LogP contribution in [0.3, 0.4) is 0 Å². The molecule has 2 heterocycles. The summed E-state index contributed by atoms with van der Waals surface area (Å²) < 4.78 is 16.4. The highest BCUT2D eigenvalue weighted by atomic mass is 16.6. The predicted molar refractivity (Wildman–Crippen MR) is 83.5 cm³/mol. The number of carbonyl (C=O) groups is 1. The van der Waals surface area contributed by atoms with Crippen LogP contribution in [-0.4, -0.2) is 61.5 Å². The van der Waals surface area contributed by atoms with Crippen LogP contribution in [0.5, 0.6) is 11.5 Å². The van der Waals surface area contributed by atoms with Crippen LogP contribution < -0.4 is 9.47 Å². The molecule has 1 aromatic carbocycles. The first-order chi connectivity index (χ1) is 11.2. The summed E-state index contributed by atoms with van der Waals surface area (Å²) in [7, 11) is 1.36. The van der Waals surface area contributed by atoms with E-state index in [-0.39, 0.29) is 12.1 Å². The van der Waals surface area contributed by atoms with Crippen LogP contribution in [0.1, 0.15) is 12.8 Å². The molecule has 126 valence electrons. The van der Waals surface area contributed by atoms with E-state index >= 15 is 0 Å². The Balaban J connectivity index is 1.50. The Morgan fingerprint density at radius 1 is 1.39 bits per heavy atom. The summed E-state index contributed by atoms with van der Waals surface area (Å²) in [4.78, 5) is 13.9. The van der Waals surface area contributed by atoms with E-state index in [0.29, 0.717) is 19.6 Å². The van der Waals surface area contributed by atoms with Crippen LogP contribution in [0.4, 0.5) is 0 Å². The maximum atomic E-state index is 11.7. The summed E-state index contributed by atoms with van der Waals surface area (Å²) in [6, 6.07) is 7.66. The Hall–Kier alpha value is -1.79. The predicted octanol–water partition coefficient (Wildman–Crippen LogP) is 1.07. The summed E-state index contributed by atoms with van der Waals surface area (Å²) in [5.41, 5.74) is 0. The van der Waals surface area contributed by atoms with Crippen molar-refractivity contribution in [2.45, 2.75) is 25.0 Å². The number of para-hydroxylation sites is 2. The molecular formula is C17H23NO5. The minimum Gasteiger partial charge on any atom is -0.486 e. The number of nitrogens with zero attached hydrogens (tertiary/aromatic N) is 1. The molecule has 6 nitrogen and oxygen atoms in total. The van der Waals surface area contributed by atoms with Gasteiger partial charge in [0, 0.05) is 26.1 Å². The normalized spacial score (nSPS) is 27.5. The Morgan fingerprint density at radius 3 is 2.96 bits per heavy atom. The number of fused-ring (bicyclic) bond motifs is 1. The van der Waals surface area contributed by atoms with Crippen molar-refractivity contribution in [3.63, 3.8) is 0 Å². The molecule has 0 saturated carbocycles. The fourth-order valence-corrected chi connectivity index (χ4v) is 3.13. The van der Waals surface area contributed by atoms with Crippen molar-refractivity contribution in [2.24, 2.45) is 5.92 Å². The molecule has 1 unspecified atom stereocenters. The van der Waals surface area contributed by atoms with E-state index in [4.69, 9.17) is 14.2 Å². The van der Waals surface area contributed by atoms with Crippen molar-refractivity contribution in [1.82, 2.24) is 4.90 Å².